The summed E-state index contributed by atoms with van der Waals surface area (Å²) < 4.78 is 0. The molecule has 1 heterocycles. The van der Waals surface area contributed by atoms with Gasteiger partial charge in [0.05, 0.1) is 5.75 Å². The zero-order chi connectivity index (χ0) is 26.9. The van der Waals surface area contributed by atoms with Gasteiger partial charge in [-0.2, -0.15) is 11.3 Å². The van der Waals surface area contributed by atoms with Gasteiger partial charge in [0, 0.05) is 26.9 Å². The molecule has 3 aromatic carbocycles. The Morgan fingerprint density at radius 1 is 0.947 bits per heavy atom. The molecule has 4 rings (SSSR count). The van der Waals surface area contributed by atoms with Crippen LogP contribution >= 0.6 is 34.7 Å². The van der Waals surface area contributed by atoms with Crippen molar-refractivity contribution in [1.29, 1.82) is 0 Å². The van der Waals surface area contributed by atoms with Gasteiger partial charge in [0.1, 0.15) is 5.70 Å². The fourth-order valence-corrected chi connectivity index (χ4v) is 4.94. The van der Waals surface area contributed by atoms with E-state index in [1.807, 2.05) is 41.9 Å². The molecule has 0 atom stereocenters. The maximum atomic E-state index is 13.2. The van der Waals surface area contributed by atoms with Gasteiger partial charge in [0.25, 0.3) is 11.8 Å². The molecule has 9 heteroatoms. The number of carbonyl (C=O) groups is 3. The number of amides is 3. The smallest absolute Gasteiger partial charge is 0.272 e. The van der Waals surface area contributed by atoms with E-state index in [4.69, 9.17) is 11.6 Å². The number of aryl methyl sites for hydroxylation is 1. The third kappa shape index (κ3) is 7.82. The van der Waals surface area contributed by atoms with Crippen LogP contribution in [0.15, 0.2) is 100 Å². The van der Waals surface area contributed by atoms with Crippen molar-refractivity contribution in [2.24, 2.45) is 0 Å². The summed E-state index contributed by atoms with van der Waals surface area (Å²) in [6.45, 7) is 1.90. The number of hydrogen-bond donors (Lipinski definition) is 3. The Hall–Kier alpha value is -3.85. The lowest BCUT2D eigenvalue weighted by Gasteiger charge is -2.12. The third-order valence-corrected chi connectivity index (χ3v) is 7.25. The summed E-state index contributed by atoms with van der Waals surface area (Å²) in [4.78, 5) is 39.2. The van der Waals surface area contributed by atoms with Crippen molar-refractivity contribution in [2.45, 2.75) is 11.8 Å². The molecule has 38 heavy (non-hydrogen) atoms. The molecule has 0 spiro atoms. The number of anilines is 2. The molecule has 0 aliphatic rings. The van der Waals surface area contributed by atoms with Gasteiger partial charge in [0.15, 0.2) is 0 Å². The number of rotatable bonds is 9. The quantitative estimate of drug-likeness (QED) is 0.154. The number of thioether (sulfide) groups is 1. The average Bonchev–Trinajstić information content (AvgIpc) is 3.43. The van der Waals surface area contributed by atoms with E-state index in [0.717, 1.165) is 16.0 Å². The van der Waals surface area contributed by atoms with Gasteiger partial charge in [0.2, 0.25) is 5.91 Å². The first-order valence-electron chi connectivity index (χ1n) is 11.6. The molecule has 192 valence electrons. The van der Waals surface area contributed by atoms with E-state index in [2.05, 4.69) is 16.0 Å². The van der Waals surface area contributed by atoms with Gasteiger partial charge < -0.3 is 16.0 Å². The Morgan fingerprint density at radius 2 is 1.76 bits per heavy atom. The van der Waals surface area contributed by atoms with E-state index in [0.29, 0.717) is 22.0 Å². The van der Waals surface area contributed by atoms with Crippen LogP contribution in [0, 0.1) is 6.92 Å². The van der Waals surface area contributed by atoms with Crippen molar-refractivity contribution in [3.05, 3.63) is 117 Å². The SMILES string of the molecule is Cc1ccc(Cl)cc1NC(=O)CSc1cccc(NC(=O)/C(=C/c2ccsc2)NC(=O)c2ccccc2)c1. The Bertz CT molecular complexity index is 1470. The van der Waals surface area contributed by atoms with Crippen LogP contribution in [-0.2, 0) is 9.59 Å². The lowest BCUT2D eigenvalue weighted by molar-refractivity contribution is -0.114. The molecule has 6 nitrogen and oxygen atoms in total. The van der Waals surface area contributed by atoms with Gasteiger partial charge in [-0.05, 0) is 83.4 Å². The maximum Gasteiger partial charge on any atom is 0.272 e. The molecule has 0 aliphatic carbocycles. The van der Waals surface area contributed by atoms with Gasteiger partial charge in [-0.3, -0.25) is 14.4 Å². The maximum absolute atomic E-state index is 13.2. The summed E-state index contributed by atoms with van der Waals surface area (Å²) in [5, 5.41) is 12.8. The number of nitrogens with one attached hydrogen (secondary N) is 3. The Kier molecular flexibility index (Phi) is 9.37. The van der Waals surface area contributed by atoms with E-state index < -0.39 is 5.91 Å². The van der Waals surface area contributed by atoms with Crippen LogP contribution in [0.2, 0.25) is 5.02 Å². The molecule has 4 aromatic rings. The minimum absolute atomic E-state index is 0.117. The number of carbonyl (C=O) groups excluding carboxylic acids is 3. The van der Waals surface area contributed by atoms with Crippen molar-refractivity contribution >= 4 is 69.9 Å². The highest BCUT2D eigenvalue weighted by molar-refractivity contribution is 8.00. The van der Waals surface area contributed by atoms with Gasteiger partial charge in [-0.15, -0.1) is 11.8 Å². The average molecular weight is 562 g/mol. The highest BCUT2D eigenvalue weighted by Crippen LogP contribution is 2.24. The summed E-state index contributed by atoms with van der Waals surface area (Å²) in [6, 6.07) is 23.1. The molecule has 3 amide bonds. The Balaban J connectivity index is 1.41. The van der Waals surface area contributed by atoms with Crippen LogP contribution < -0.4 is 16.0 Å². The summed E-state index contributed by atoms with van der Waals surface area (Å²) in [6.07, 6.45) is 1.63. The van der Waals surface area contributed by atoms with Crippen molar-refractivity contribution in [1.82, 2.24) is 5.32 Å². The lowest BCUT2D eigenvalue weighted by atomic mass is 10.2. The molecule has 0 bridgehead atoms. The van der Waals surface area contributed by atoms with Crippen LogP contribution in [0.4, 0.5) is 11.4 Å². The number of hydrogen-bond acceptors (Lipinski definition) is 5. The second kappa shape index (κ2) is 13.1. The number of thiophene rings is 1. The van der Waals surface area contributed by atoms with Crippen molar-refractivity contribution < 1.29 is 14.4 Å². The van der Waals surface area contributed by atoms with E-state index in [9.17, 15) is 14.4 Å². The van der Waals surface area contributed by atoms with Crippen molar-refractivity contribution in [2.75, 3.05) is 16.4 Å². The second-order valence-corrected chi connectivity index (χ2v) is 10.5. The molecule has 0 fully saturated rings. The summed E-state index contributed by atoms with van der Waals surface area (Å²) >= 11 is 8.87. The fraction of sp³-hybridized carbons (Fsp3) is 0.0690. The molecule has 0 aliphatic heterocycles. The molecule has 0 saturated carbocycles. The predicted molar refractivity (Wildman–Crippen MR) is 157 cm³/mol. The van der Waals surface area contributed by atoms with E-state index >= 15 is 0 Å². The largest absolute Gasteiger partial charge is 0.325 e. The minimum Gasteiger partial charge on any atom is -0.325 e. The molecule has 0 radical (unpaired) electrons. The topological polar surface area (TPSA) is 87.3 Å². The zero-order valence-electron chi connectivity index (χ0n) is 20.4. The minimum atomic E-state index is -0.461. The van der Waals surface area contributed by atoms with Crippen molar-refractivity contribution in [3.8, 4) is 0 Å². The van der Waals surface area contributed by atoms with Gasteiger partial charge in [-0.1, -0.05) is 41.9 Å². The summed E-state index contributed by atoms with van der Waals surface area (Å²) in [5.41, 5.74) is 3.50. The zero-order valence-corrected chi connectivity index (χ0v) is 22.8. The third-order valence-electron chi connectivity index (χ3n) is 5.32. The number of halogens is 1. The van der Waals surface area contributed by atoms with Gasteiger partial charge >= 0.3 is 0 Å². The molecule has 1 aromatic heterocycles. The first-order chi connectivity index (χ1) is 18.4. The van der Waals surface area contributed by atoms with E-state index in [-0.39, 0.29) is 23.3 Å². The highest BCUT2D eigenvalue weighted by Gasteiger charge is 2.15. The first-order valence-corrected chi connectivity index (χ1v) is 13.9. The van der Waals surface area contributed by atoms with E-state index in [1.165, 1.54) is 23.1 Å². The predicted octanol–water partition coefficient (Wildman–Crippen LogP) is 6.85. The standard InChI is InChI=1S/C29H24ClN3O3S2/c1-19-10-11-22(30)15-25(19)32-27(34)18-38-24-9-5-8-23(16-24)31-29(36)26(14-20-12-13-37-17-20)33-28(35)21-6-3-2-4-7-21/h2-17H,18H2,1H3,(H,31,36)(H,32,34)(H,33,35)/b26-14-. The summed E-state index contributed by atoms with van der Waals surface area (Å²) in [5.74, 6) is -0.830. The Morgan fingerprint density at radius 3 is 2.53 bits per heavy atom. The monoisotopic (exact) mass is 561 g/mol. The van der Waals surface area contributed by atoms with Crippen LogP contribution in [-0.4, -0.2) is 23.5 Å². The molecular formula is C29H24ClN3O3S2. The molecule has 0 saturated heterocycles. The van der Waals surface area contributed by atoms with Crippen LogP contribution in [0.25, 0.3) is 6.08 Å². The fourth-order valence-electron chi connectivity index (χ4n) is 3.39. The molecule has 3 N–H and O–H groups in total. The normalized spacial score (nSPS) is 11.1. The highest BCUT2D eigenvalue weighted by atomic mass is 35.5. The van der Waals surface area contributed by atoms with E-state index in [1.54, 1.807) is 60.7 Å². The van der Waals surface area contributed by atoms with Crippen molar-refractivity contribution in [3.63, 3.8) is 0 Å². The molecular weight excluding hydrogens is 538 g/mol. The second-order valence-electron chi connectivity index (χ2n) is 8.21. The van der Waals surface area contributed by atoms with Crippen LogP contribution in [0.5, 0.6) is 0 Å². The van der Waals surface area contributed by atoms with Gasteiger partial charge in [-0.25, -0.2) is 0 Å². The lowest BCUT2D eigenvalue weighted by Crippen LogP contribution is -2.30. The summed E-state index contributed by atoms with van der Waals surface area (Å²) in [7, 11) is 0. The first kappa shape index (κ1) is 27.2. The van der Waals surface area contributed by atoms with Crippen LogP contribution in [0.3, 0.4) is 0 Å². The van der Waals surface area contributed by atoms with Crippen LogP contribution in [0.1, 0.15) is 21.5 Å². The number of benzene rings is 3. The Labute approximate surface area is 234 Å². The molecule has 0 unspecified atom stereocenters.